The highest BCUT2D eigenvalue weighted by molar-refractivity contribution is 5.92. The van der Waals surface area contributed by atoms with Gasteiger partial charge >= 0.3 is 0 Å². The smallest absolute Gasteiger partial charge is 0.278 e. The molecule has 1 fully saturated rings. The number of ether oxygens (including phenoxy) is 1. The number of halogens is 1. The second-order valence-corrected chi connectivity index (χ2v) is 6.33. The van der Waals surface area contributed by atoms with Crippen LogP contribution in [0.15, 0.2) is 35.1 Å². The molecule has 1 aliphatic rings. The highest BCUT2D eigenvalue weighted by Gasteiger charge is 2.27. The lowest BCUT2D eigenvalue weighted by Crippen LogP contribution is -2.45. The van der Waals surface area contributed by atoms with Gasteiger partial charge in [0.15, 0.2) is 5.69 Å². The molecule has 0 N–H and O–H groups in total. The van der Waals surface area contributed by atoms with Crippen molar-refractivity contribution in [1.82, 2.24) is 14.7 Å². The Bertz CT molecular complexity index is 863. The number of para-hydroxylation sites is 1. The Hall–Kier alpha value is -2.54. The number of carbonyl (C=O) groups is 1. The van der Waals surface area contributed by atoms with E-state index in [0.29, 0.717) is 25.4 Å². The Morgan fingerprint density at radius 2 is 2.15 bits per heavy atom. The number of amides is 1. The average Bonchev–Trinajstić information content (AvgIpc) is 2.63. The standard InChI is InChI=1S/C19H22FN3O3/c1-3-26-14-7-6-10-22(12-14)19(25)18-17(24)11-13(2)23(21-18)16-9-5-4-8-15(16)20/h4-5,8-9,11,14H,3,6-7,10,12H2,1-2H3. The van der Waals surface area contributed by atoms with E-state index in [2.05, 4.69) is 5.10 Å². The Labute approximate surface area is 151 Å². The Kier molecular flexibility index (Phi) is 5.46. The number of piperidine rings is 1. The molecule has 7 heteroatoms. The number of hydrogen-bond acceptors (Lipinski definition) is 4. The maximum Gasteiger partial charge on any atom is 0.278 e. The van der Waals surface area contributed by atoms with Gasteiger partial charge in [0.25, 0.3) is 5.91 Å². The van der Waals surface area contributed by atoms with Gasteiger partial charge in [-0.15, -0.1) is 0 Å². The van der Waals surface area contributed by atoms with Crippen LogP contribution in [-0.2, 0) is 4.74 Å². The van der Waals surface area contributed by atoms with Gasteiger partial charge in [0, 0.05) is 31.5 Å². The molecule has 1 amide bonds. The van der Waals surface area contributed by atoms with Crippen molar-refractivity contribution in [2.45, 2.75) is 32.8 Å². The molecule has 0 spiro atoms. The fourth-order valence-electron chi connectivity index (χ4n) is 3.21. The molecule has 1 unspecified atom stereocenters. The summed E-state index contributed by atoms with van der Waals surface area (Å²) in [6.07, 6.45) is 1.67. The van der Waals surface area contributed by atoms with Gasteiger partial charge in [0.2, 0.25) is 5.43 Å². The molecule has 1 atom stereocenters. The number of aromatic nitrogens is 2. The molecule has 1 aromatic heterocycles. The van der Waals surface area contributed by atoms with Crippen molar-refractivity contribution in [3.05, 3.63) is 57.8 Å². The van der Waals surface area contributed by atoms with Crippen molar-refractivity contribution in [1.29, 1.82) is 0 Å². The number of aryl methyl sites for hydroxylation is 1. The topological polar surface area (TPSA) is 64.4 Å². The zero-order valence-electron chi connectivity index (χ0n) is 14.9. The van der Waals surface area contributed by atoms with E-state index in [0.717, 1.165) is 12.8 Å². The van der Waals surface area contributed by atoms with Gasteiger partial charge in [-0.3, -0.25) is 9.59 Å². The van der Waals surface area contributed by atoms with Crippen LogP contribution in [0.4, 0.5) is 4.39 Å². The average molecular weight is 359 g/mol. The minimum absolute atomic E-state index is 0.0306. The van der Waals surface area contributed by atoms with Gasteiger partial charge in [-0.1, -0.05) is 12.1 Å². The summed E-state index contributed by atoms with van der Waals surface area (Å²) in [5.74, 6) is -0.913. The summed E-state index contributed by atoms with van der Waals surface area (Å²) in [4.78, 5) is 26.8. The van der Waals surface area contributed by atoms with Crippen LogP contribution in [0, 0.1) is 12.7 Å². The van der Waals surface area contributed by atoms with Crippen LogP contribution in [-0.4, -0.2) is 46.4 Å². The van der Waals surface area contributed by atoms with E-state index in [9.17, 15) is 14.0 Å². The SMILES string of the molecule is CCOC1CCCN(C(=O)c2nn(-c3ccccc3F)c(C)cc2=O)C1. The molecule has 1 saturated heterocycles. The molecule has 6 nitrogen and oxygen atoms in total. The summed E-state index contributed by atoms with van der Waals surface area (Å²) >= 11 is 0. The van der Waals surface area contributed by atoms with Gasteiger partial charge in [-0.05, 0) is 38.8 Å². The van der Waals surface area contributed by atoms with Crippen molar-refractivity contribution < 1.29 is 13.9 Å². The third kappa shape index (κ3) is 3.67. The van der Waals surface area contributed by atoms with Crippen LogP contribution >= 0.6 is 0 Å². The van der Waals surface area contributed by atoms with E-state index >= 15 is 0 Å². The lowest BCUT2D eigenvalue weighted by atomic mass is 10.1. The molecule has 3 rings (SSSR count). The second kappa shape index (κ2) is 7.78. The van der Waals surface area contributed by atoms with Gasteiger partial charge in [0.05, 0.1) is 6.10 Å². The molecule has 0 saturated carbocycles. The normalized spacial score (nSPS) is 17.3. The van der Waals surface area contributed by atoms with Crippen LogP contribution < -0.4 is 5.43 Å². The van der Waals surface area contributed by atoms with Gasteiger partial charge < -0.3 is 9.64 Å². The van der Waals surface area contributed by atoms with Crippen molar-refractivity contribution in [3.63, 3.8) is 0 Å². The number of hydrogen-bond donors (Lipinski definition) is 0. The monoisotopic (exact) mass is 359 g/mol. The predicted molar refractivity (Wildman–Crippen MR) is 95.1 cm³/mol. The first-order chi connectivity index (χ1) is 12.5. The van der Waals surface area contributed by atoms with Crippen molar-refractivity contribution in [3.8, 4) is 5.69 Å². The first kappa shape index (κ1) is 18.3. The second-order valence-electron chi connectivity index (χ2n) is 6.33. The van der Waals surface area contributed by atoms with Crippen LogP contribution in [0.1, 0.15) is 35.9 Å². The third-order valence-corrected chi connectivity index (χ3v) is 4.46. The van der Waals surface area contributed by atoms with E-state index < -0.39 is 17.2 Å². The molecule has 26 heavy (non-hydrogen) atoms. The summed E-state index contributed by atoms with van der Waals surface area (Å²) in [6.45, 7) is 5.13. The third-order valence-electron chi connectivity index (χ3n) is 4.46. The van der Waals surface area contributed by atoms with Crippen LogP contribution in [0.2, 0.25) is 0 Å². The molecule has 2 aromatic rings. The van der Waals surface area contributed by atoms with Crippen LogP contribution in [0.3, 0.4) is 0 Å². The van der Waals surface area contributed by atoms with Crippen molar-refractivity contribution in [2.24, 2.45) is 0 Å². The minimum Gasteiger partial charge on any atom is -0.377 e. The summed E-state index contributed by atoms with van der Waals surface area (Å²) in [7, 11) is 0. The number of nitrogens with zero attached hydrogens (tertiary/aromatic N) is 3. The molecule has 0 radical (unpaired) electrons. The summed E-state index contributed by atoms with van der Waals surface area (Å²) in [5.41, 5.74) is 0.00185. The fourth-order valence-corrected chi connectivity index (χ4v) is 3.21. The molecule has 0 aliphatic carbocycles. The predicted octanol–water partition coefficient (Wildman–Crippen LogP) is 2.32. The van der Waals surface area contributed by atoms with Crippen molar-refractivity contribution >= 4 is 5.91 Å². The first-order valence-corrected chi connectivity index (χ1v) is 8.78. The largest absolute Gasteiger partial charge is 0.377 e. The summed E-state index contributed by atoms with van der Waals surface area (Å²) < 4.78 is 21.0. The van der Waals surface area contributed by atoms with E-state index in [-0.39, 0.29) is 17.5 Å². The quantitative estimate of drug-likeness (QED) is 0.840. The fraction of sp³-hybridized carbons (Fsp3) is 0.421. The Morgan fingerprint density at radius 1 is 1.38 bits per heavy atom. The van der Waals surface area contributed by atoms with E-state index in [1.165, 1.54) is 16.8 Å². The lowest BCUT2D eigenvalue weighted by Gasteiger charge is -2.32. The molecule has 138 valence electrons. The molecule has 0 bridgehead atoms. The number of rotatable bonds is 4. The Morgan fingerprint density at radius 3 is 2.88 bits per heavy atom. The zero-order chi connectivity index (χ0) is 18.7. The van der Waals surface area contributed by atoms with Crippen LogP contribution in [0.5, 0.6) is 0 Å². The molecule has 2 heterocycles. The summed E-state index contributed by atoms with van der Waals surface area (Å²) in [6, 6.07) is 7.44. The van der Waals surface area contributed by atoms with E-state index in [4.69, 9.17) is 4.74 Å². The van der Waals surface area contributed by atoms with Gasteiger partial charge in [0.1, 0.15) is 11.5 Å². The molecular formula is C19H22FN3O3. The first-order valence-electron chi connectivity index (χ1n) is 8.78. The van der Waals surface area contributed by atoms with E-state index in [1.54, 1.807) is 30.0 Å². The Balaban J connectivity index is 1.95. The summed E-state index contributed by atoms with van der Waals surface area (Å²) in [5, 5.41) is 4.18. The van der Waals surface area contributed by atoms with E-state index in [1.807, 2.05) is 6.92 Å². The number of benzene rings is 1. The van der Waals surface area contributed by atoms with Crippen LogP contribution in [0.25, 0.3) is 5.69 Å². The van der Waals surface area contributed by atoms with Gasteiger partial charge in [-0.2, -0.15) is 5.10 Å². The zero-order valence-corrected chi connectivity index (χ0v) is 14.9. The number of likely N-dealkylation sites (tertiary alicyclic amines) is 1. The maximum absolute atomic E-state index is 14.1. The molecule has 1 aliphatic heterocycles. The maximum atomic E-state index is 14.1. The van der Waals surface area contributed by atoms with Crippen molar-refractivity contribution in [2.75, 3.05) is 19.7 Å². The molecule has 1 aromatic carbocycles. The highest BCUT2D eigenvalue weighted by atomic mass is 19.1. The minimum atomic E-state index is -0.473. The number of carbonyl (C=O) groups excluding carboxylic acids is 1. The highest BCUT2D eigenvalue weighted by Crippen LogP contribution is 2.16. The van der Waals surface area contributed by atoms with Gasteiger partial charge in [-0.25, -0.2) is 9.07 Å². The lowest BCUT2D eigenvalue weighted by molar-refractivity contribution is 0.00691. The molecular weight excluding hydrogens is 337 g/mol.